The van der Waals surface area contributed by atoms with E-state index in [0.717, 1.165) is 0 Å². The number of carboxylic acids is 1. The van der Waals surface area contributed by atoms with Crippen molar-refractivity contribution >= 4 is 11.9 Å². The molecule has 8 heteroatoms. The Kier molecular flexibility index (Phi) is 6.81. The molecule has 162 valence electrons. The number of hydrogen-bond acceptors (Lipinski definition) is 7. The highest BCUT2D eigenvalue weighted by molar-refractivity contribution is 5.76. The van der Waals surface area contributed by atoms with Crippen LogP contribution in [0.2, 0.25) is 0 Å². The summed E-state index contributed by atoms with van der Waals surface area (Å²) in [4.78, 5) is 27.2. The van der Waals surface area contributed by atoms with Gasteiger partial charge >= 0.3 is 12.0 Å². The van der Waals surface area contributed by atoms with Gasteiger partial charge in [0.1, 0.15) is 5.82 Å². The minimum Gasteiger partial charge on any atom is -0.478 e. The van der Waals surface area contributed by atoms with Crippen LogP contribution in [0.3, 0.4) is 0 Å². The van der Waals surface area contributed by atoms with Crippen LogP contribution in [0.25, 0.3) is 0 Å². The van der Waals surface area contributed by atoms with Gasteiger partial charge in [-0.1, -0.05) is 67.6 Å². The summed E-state index contributed by atoms with van der Waals surface area (Å²) in [6, 6.07) is 18.2. The number of aryl methyl sites for hydroxylation is 1. The predicted molar refractivity (Wildman–Crippen MR) is 116 cm³/mol. The molecule has 2 aromatic carbocycles. The normalized spacial score (nSPS) is 12.3. The van der Waals surface area contributed by atoms with Crippen molar-refractivity contribution in [1.29, 1.82) is 0 Å². The number of hydrogen-bond donors (Lipinski definition) is 1. The van der Waals surface area contributed by atoms with Crippen molar-refractivity contribution in [2.45, 2.75) is 25.0 Å². The van der Waals surface area contributed by atoms with E-state index in [1.165, 1.54) is 7.11 Å². The number of rotatable bonds is 9. The standard InChI is InChI=1S/C23H26N4O4/c1-5-18-24-21(27(2)3)26-22(25-18)31-19(20(28)29)23(30-4,16-12-8-6-9-13-16)17-14-10-7-11-15-17/h6-15,19H,5H2,1-4H3,(H,28,29). The molecule has 8 nitrogen and oxygen atoms in total. The van der Waals surface area contributed by atoms with Crippen molar-refractivity contribution in [2.24, 2.45) is 0 Å². The Bertz CT molecular complexity index is 973. The van der Waals surface area contributed by atoms with Crippen molar-refractivity contribution < 1.29 is 19.4 Å². The highest BCUT2D eigenvalue weighted by atomic mass is 16.6. The van der Waals surface area contributed by atoms with Gasteiger partial charge in [-0.2, -0.15) is 15.0 Å². The van der Waals surface area contributed by atoms with E-state index >= 15 is 0 Å². The van der Waals surface area contributed by atoms with Gasteiger partial charge in [0.15, 0.2) is 5.60 Å². The summed E-state index contributed by atoms with van der Waals surface area (Å²) in [6.45, 7) is 1.90. The Hall–Kier alpha value is -3.52. The molecule has 1 N–H and O–H groups in total. The molecule has 0 amide bonds. The molecule has 0 aliphatic rings. The summed E-state index contributed by atoms with van der Waals surface area (Å²) in [5.74, 6) is -0.326. The lowest BCUT2D eigenvalue weighted by Gasteiger charge is -2.37. The van der Waals surface area contributed by atoms with Crippen molar-refractivity contribution in [3.05, 3.63) is 77.6 Å². The second kappa shape index (κ2) is 9.53. The lowest BCUT2D eigenvalue weighted by molar-refractivity contribution is -0.160. The number of benzene rings is 2. The summed E-state index contributed by atoms with van der Waals surface area (Å²) in [5.41, 5.74) is -0.173. The summed E-state index contributed by atoms with van der Waals surface area (Å²) < 4.78 is 11.9. The maximum absolute atomic E-state index is 12.5. The Morgan fingerprint density at radius 1 is 1.00 bits per heavy atom. The number of aromatic nitrogens is 3. The highest BCUT2D eigenvalue weighted by Crippen LogP contribution is 2.38. The first-order valence-corrected chi connectivity index (χ1v) is 9.90. The molecule has 0 aliphatic heterocycles. The largest absolute Gasteiger partial charge is 0.478 e. The Labute approximate surface area is 181 Å². The average molecular weight is 422 g/mol. The fraction of sp³-hybridized carbons (Fsp3) is 0.304. The second-order valence-electron chi connectivity index (χ2n) is 7.09. The van der Waals surface area contributed by atoms with Gasteiger partial charge in [0, 0.05) is 27.6 Å². The van der Waals surface area contributed by atoms with E-state index < -0.39 is 17.7 Å². The third kappa shape index (κ3) is 4.49. The van der Waals surface area contributed by atoms with Crippen LogP contribution in [0.4, 0.5) is 5.95 Å². The number of carbonyl (C=O) groups is 1. The number of ether oxygens (including phenoxy) is 2. The monoisotopic (exact) mass is 422 g/mol. The molecule has 1 unspecified atom stereocenters. The summed E-state index contributed by atoms with van der Waals surface area (Å²) in [5, 5.41) is 10.2. The molecule has 0 saturated heterocycles. The fourth-order valence-electron chi connectivity index (χ4n) is 3.39. The molecule has 0 radical (unpaired) electrons. The van der Waals surface area contributed by atoms with E-state index in [9.17, 15) is 9.90 Å². The molecule has 0 fully saturated rings. The Morgan fingerprint density at radius 3 is 1.97 bits per heavy atom. The molecule has 31 heavy (non-hydrogen) atoms. The number of carboxylic acid groups (broad SMARTS) is 1. The van der Waals surface area contributed by atoms with Gasteiger partial charge in [-0.05, 0) is 11.1 Å². The highest BCUT2D eigenvalue weighted by Gasteiger charge is 2.49. The van der Waals surface area contributed by atoms with Crippen LogP contribution in [0, 0.1) is 0 Å². The van der Waals surface area contributed by atoms with Gasteiger partial charge in [-0.15, -0.1) is 0 Å². The molecule has 1 heterocycles. The first kappa shape index (κ1) is 22.2. The van der Waals surface area contributed by atoms with Crippen LogP contribution in [-0.2, 0) is 21.6 Å². The summed E-state index contributed by atoms with van der Waals surface area (Å²) in [6.07, 6.45) is -0.922. The van der Waals surface area contributed by atoms with E-state index in [4.69, 9.17) is 9.47 Å². The van der Waals surface area contributed by atoms with Crippen molar-refractivity contribution in [3.8, 4) is 6.01 Å². The van der Waals surface area contributed by atoms with E-state index in [1.54, 1.807) is 19.0 Å². The molecule has 3 aromatic rings. The first-order valence-electron chi connectivity index (χ1n) is 9.90. The van der Waals surface area contributed by atoms with E-state index in [0.29, 0.717) is 29.3 Å². The minimum atomic E-state index is -1.47. The first-order chi connectivity index (χ1) is 14.9. The van der Waals surface area contributed by atoms with Crippen LogP contribution in [-0.4, -0.2) is 53.3 Å². The number of nitrogens with zero attached hydrogens (tertiary/aromatic N) is 4. The maximum atomic E-state index is 12.5. The number of anilines is 1. The molecular formula is C23H26N4O4. The van der Waals surface area contributed by atoms with Crippen LogP contribution >= 0.6 is 0 Å². The van der Waals surface area contributed by atoms with Crippen LogP contribution in [0.1, 0.15) is 23.9 Å². The third-order valence-corrected chi connectivity index (χ3v) is 4.91. The number of methoxy groups -OCH3 is 1. The van der Waals surface area contributed by atoms with E-state index in [2.05, 4.69) is 15.0 Å². The van der Waals surface area contributed by atoms with E-state index in [-0.39, 0.29) is 6.01 Å². The van der Waals surface area contributed by atoms with Gasteiger partial charge in [-0.25, -0.2) is 4.79 Å². The topological polar surface area (TPSA) is 97.7 Å². The molecule has 1 aromatic heterocycles. The van der Waals surface area contributed by atoms with Gasteiger partial charge in [-0.3, -0.25) is 0 Å². The van der Waals surface area contributed by atoms with Crippen molar-refractivity contribution in [2.75, 3.05) is 26.1 Å². The minimum absolute atomic E-state index is 0.0729. The van der Waals surface area contributed by atoms with Gasteiger partial charge in [0.2, 0.25) is 12.1 Å². The third-order valence-electron chi connectivity index (χ3n) is 4.91. The van der Waals surface area contributed by atoms with Gasteiger partial charge in [0.25, 0.3) is 0 Å². The van der Waals surface area contributed by atoms with Crippen LogP contribution < -0.4 is 9.64 Å². The zero-order valence-corrected chi connectivity index (χ0v) is 18.0. The van der Waals surface area contributed by atoms with Gasteiger partial charge in [0.05, 0.1) is 0 Å². The van der Waals surface area contributed by atoms with E-state index in [1.807, 2.05) is 67.6 Å². The summed E-state index contributed by atoms with van der Waals surface area (Å²) in [7, 11) is 5.05. The molecule has 0 saturated carbocycles. The average Bonchev–Trinajstić information content (AvgIpc) is 2.80. The molecule has 3 rings (SSSR count). The molecule has 0 spiro atoms. The maximum Gasteiger partial charge on any atom is 0.348 e. The quantitative estimate of drug-likeness (QED) is 0.562. The molecule has 0 bridgehead atoms. The van der Waals surface area contributed by atoms with Crippen molar-refractivity contribution in [3.63, 3.8) is 0 Å². The zero-order valence-electron chi connectivity index (χ0n) is 18.0. The smallest absolute Gasteiger partial charge is 0.348 e. The lowest BCUT2D eigenvalue weighted by Crippen LogP contribution is -2.50. The second-order valence-corrected chi connectivity index (χ2v) is 7.09. The fourth-order valence-corrected chi connectivity index (χ4v) is 3.39. The van der Waals surface area contributed by atoms with Gasteiger partial charge < -0.3 is 19.5 Å². The molecular weight excluding hydrogens is 396 g/mol. The van der Waals surface area contributed by atoms with Crippen LogP contribution in [0.5, 0.6) is 6.01 Å². The zero-order chi connectivity index (χ0) is 22.4. The Balaban J connectivity index is 2.18. The lowest BCUT2D eigenvalue weighted by atomic mass is 9.81. The molecule has 0 aliphatic carbocycles. The molecule has 1 atom stereocenters. The number of aliphatic carboxylic acids is 1. The Morgan fingerprint density at radius 2 is 1.55 bits per heavy atom. The summed E-state index contributed by atoms with van der Waals surface area (Å²) >= 11 is 0. The van der Waals surface area contributed by atoms with Crippen LogP contribution in [0.15, 0.2) is 60.7 Å². The SMILES string of the molecule is CCc1nc(OC(C(=O)O)C(OC)(c2ccccc2)c2ccccc2)nc(N(C)C)n1. The predicted octanol–water partition coefficient (Wildman–Crippen LogP) is 2.92. The van der Waals surface area contributed by atoms with Crippen molar-refractivity contribution in [1.82, 2.24) is 15.0 Å².